The van der Waals surface area contributed by atoms with Crippen molar-refractivity contribution in [3.63, 3.8) is 0 Å². The van der Waals surface area contributed by atoms with E-state index < -0.39 is 5.60 Å². The number of methoxy groups -OCH3 is 1. The third-order valence-corrected chi connectivity index (χ3v) is 8.93. The van der Waals surface area contributed by atoms with Crippen molar-refractivity contribution in [1.82, 2.24) is 10.6 Å². The number of nitrogens with one attached hydrogen (secondary N) is 2. The molecule has 0 radical (unpaired) electrons. The molecule has 2 aromatic rings. The van der Waals surface area contributed by atoms with Crippen LogP contribution in [-0.4, -0.2) is 38.4 Å². The summed E-state index contributed by atoms with van der Waals surface area (Å²) in [5, 5.41) is 6.52. The monoisotopic (exact) mass is 522 g/mol. The number of carbonyl (C=O) groups is 1. The quantitative estimate of drug-likeness (QED) is 0.289. The van der Waals surface area contributed by atoms with E-state index >= 15 is 0 Å². The molecule has 2 unspecified atom stereocenters. The summed E-state index contributed by atoms with van der Waals surface area (Å²) >= 11 is 0. The number of rotatable bonds is 12. The number of ether oxygens (including phenoxy) is 2. The van der Waals surface area contributed by atoms with Crippen LogP contribution in [0.3, 0.4) is 0 Å². The van der Waals surface area contributed by atoms with Gasteiger partial charge in [-0.2, -0.15) is 0 Å². The van der Waals surface area contributed by atoms with Crippen LogP contribution >= 0.6 is 0 Å². The molecule has 0 spiro atoms. The number of benzene rings is 2. The Kier molecular flexibility index (Phi) is 10.0. The molecule has 5 heteroatoms. The molecule has 0 aromatic heterocycles. The summed E-state index contributed by atoms with van der Waals surface area (Å²) in [6.45, 7) is 16.9. The largest absolute Gasteiger partial charge is 0.445 e. The van der Waals surface area contributed by atoms with Crippen molar-refractivity contribution in [2.45, 2.75) is 109 Å². The van der Waals surface area contributed by atoms with Gasteiger partial charge in [0.2, 0.25) is 0 Å². The molecule has 2 N–H and O–H groups in total. The standard InChI is InChI=1S/C33H50N2O3/c1-9-12-21-34-30(36)38-28-22-29(35-23-28)33(37-8,26-17-13-24(14-18-26)31(4,5)10-2)27-19-15-25(16-20-27)32(6,7)11-3/h13-20,28-29,35H,9-12,21-23H2,1-8H3,(H,34,36). The summed E-state index contributed by atoms with van der Waals surface area (Å²) in [4.78, 5) is 12.4. The van der Waals surface area contributed by atoms with Crippen molar-refractivity contribution >= 4 is 6.09 Å². The van der Waals surface area contributed by atoms with E-state index in [1.807, 2.05) is 0 Å². The van der Waals surface area contributed by atoms with Crippen molar-refractivity contribution in [2.75, 3.05) is 20.2 Å². The first-order chi connectivity index (χ1) is 18.0. The Morgan fingerprint density at radius 3 is 1.76 bits per heavy atom. The first-order valence-electron chi connectivity index (χ1n) is 14.5. The Morgan fingerprint density at radius 2 is 1.34 bits per heavy atom. The predicted octanol–water partition coefficient (Wildman–Crippen LogP) is 7.21. The third-order valence-electron chi connectivity index (χ3n) is 8.93. The van der Waals surface area contributed by atoms with Gasteiger partial charge in [-0.25, -0.2) is 4.79 Å². The van der Waals surface area contributed by atoms with Gasteiger partial charge in [-0.1, -0.05) is 103 Å². The molecule has 1 saturated heterocycles. The van der Waals surface area contributed by atoms with Crippen molar-refractivity contribution in [3.05, 3.63) is 70.8 Å². The maximum absolute atomic E-state index is 12.4. The van der Waals surface area contributed by atoms with Gasteiger partial charge in [-0.15, -0.1) is 0 Å². The van der Waals surface area contributed by atoms with Crippen LogP contribution in [0.4, 0.5) is 4.79 Å². The maximum atomic E-state index is 12.4. The van der Waals surface area contributed by atoms with E-state index in [4.69, 9.17) is 9.47 Å². The Bertz CT molecular complexity index is 968. The van der Waals surface area contributed by atoms with Crippen LogP contribution in [0.25, 0.3) is 0 Å². The molecule has 210 valence electrons. The summed E-state index contributed by atoms with van der Waals surface area (Å²) in [7, 11) is 1.79. The van der Waals surface area contributed by atoms with Gasteiger partial charge in [0.05, 0.1) is 0 Å². The van der Waals surface area contributed by atoms with E-state index in [2.05, 4.69) is 108 Å². The highest BCUT2D eigenvalue weighted by Crippen LogP contribution is 2.42. The van der Waals surface area contributed by atoms with Crippen LogP contribution in [0.5, 0.6) is 0 Å². The first-order valence-corrected chi connectivity index (χ1v) is 14.5. The van der Waals surface area contributed by atoms with Crippen LogP contribution in [0.1, 0.15) is 103 Å². The van der Waals surface area contributed by atoms with Crippen molar-refractivity contribution in [2.24, 2.45) is 0 Å². The van der Waals surface area contributed by atoms with Crippen LogP contribution in [0.2, 0.25) is 0 Å². The number of alkyl carbamates (subject to hydrolysis) is 1. The second-order valence-electron chi connectivity index (χ2n) is 12.1. The Balaban J connectivity index is 1.97. The number of hydrogen-bond acceptors (Lipinski definition) is 4. The van der Waals surface area contributed by atoms with Crippen LogP contribution in [0, 0.1) is 0 Å². The Labute approximate surface area is 231 Å². The number of carbonyl (C=O) groups excluding carboxylic acids is 1. The molecule has 3 rings (SSSR count). The summed E-state index contributed by atoms with van der Waals surface area (Å²) in [6, 6.07) is 17.8. The molecule has 1 amide bonds. The smallest absolute Gasteiger partial charge is 0.407 e. The lowest BCUT2D eigenvalue weighted by atomic mass is 9.75. The van der Waals surface area contributed by atoms with Gasteiger partial charge in [0.15, 0.2) is 0 Å². The summed E-state index contributed by atoms with van der Waals surface area (Å²) in [6.07, 6.45) is 4.23. The molecule has 2 aromatic carbocycles. The van der Waals surface area contributed by atoms with E-state index in [0.29, 0.717) is 19.5 Å². The molecular formula is C33H50N2O3. The number of unbranched alkanes of at least 4 members (excludes halogenated alkanes) is 1. The lowest BCUT2D eigenvalue weighted by Gasteiger charge is -2.40. The van der Waals surface area contributed by atoms with Gasteiger partial charge in [0, 0.05) is 32.7 Å². The first kappa shape index (κ1) is 30.2. The molecule has 38 heavy (non-hydrogen) atoms. The minimum absolute atomic E-state index is 0.0592. The van der Waals surface area contributed by atoms with Gasteiger partial charge in [0.1, 0.15) is 11.7 Å². The van der Waals surface area contributed by atoms with Crippen molar-refractivity contribution < 1.29 is 14.3 Å². The summed E-state index contributed by atoms with van der Waals surface area (Å²) in [5.41, 5.74) is 4.33. The Hall–Kier alpha value is -2.37. The molecule has 1 heterocycles. The highest BCUT2D eigenvalue weighted by Gasteiger charge is 2.47. The van der Waals surface area contributed by atoms with E-state index in [-0.39, 0.29) is 29.1 Å². The molecular weight excluding hydrogens is 472 g/mol. The zero-order valence-corrected chi connectivity index (χ0v) is 24.9. The maximum Gasteiger partial charge on any atom is 0.407 e. The second kappa shape index (κ2) is 12.7. The average molecular weight is 523 g/mol. The highest BCUT2D eigenvalue weighted by molar-refractivity contribution is 5.67. The zero-order valence-electron chi connectivity index (χ0n) is 24.9. The summed E-state index contributed by atoms with van der Waals surface area (Å²) in [5.74, 6) is 0. The van der Waals surface area contributed by atoms with Gasteiger partial charge >= 0.3 is 6.09 Å². The van der Waals surface area contributed by atoms with Gasteiger partial charge in [0.25, 0.3) is 0 Å². The van der Waals surface area contributed by atoms with E-state index in [1.54, 1.807) is 7.11 Å². The average Bonchev–Trinajstić information content (AvgIpc) is 3.38. The molecule has 0 aliphatic carbocycles. The van der Waals surface area contributed by atoms with Gasteiger partial charge < -0.3 is 20.1 Å². The molecule has 1 aliphatic rings. The SMILES string of the molecule is CCCCNC(=O)OC1CNC(C(OC)(c2ccc(C(C)(C)CC)cc2)c2ccc(C(C)(C)CC)cc2)C1. The minimum atomic E-state index is -0.722. The molecule has 0 saturated carbocycles. The topological polar surface area (TPSA) is 59.6 Å². The Morgan fingerprint density at radius 1 is 0.868 bits per heavy atom. The normalized spacial score (nSPS) is 18.4. The third kappa shape index (κ3) is 6.43. The minimum Gasteiger partial charge on any atom is -0.445 e. The van der Waals surface area contributed by atoms with Crippen molar-refractivity contribution in [3.8, 4) is 0 Å². The fourth-order valence-electron chi connectivity index (χ4n) is 5.36. The molecule has 2 atom stereocenters. The highest BCUT2D eigenvalue weighted by atomic mass is 16.6. The van der Waals surface area contributed by atoms with Crippen LogP contribution < -0.4 is 10.6 Å². The number of hydrogen-bond donors (Lipinski definition) is 2. The second-order valence-corrected chi connectivity index (χ2v) is 12.1. The molecule has 1 fully saturated rings. The molecule has 0 bridgehead atoms. The van der Waals surface area contributed by atoms with Crippen LogP contribution in [0.15, 0.2) is 48.5 Å². The van der Waals surface area contributed by atoms with Crippen LogP contribution in [-0.2, 0) is 25.9 Å². The van der Waals surface area contributed by atoms with E-state index in [1.165, 1.54) is 11.1 Å². The fraction of sp³-hybridized carbons (Fsp3) is 0.606. The lowest BCUT2D eigenvalue weighted by Crippen LogP contribution is -2.47. The van der Waals surface area contributed by atoms with E-state index in [9.17, 15) is 4.79 Å². The summed E-state index contributed by atoms with van der Waals surface area (Å²) < 4.78 is 12.3. The van der Waals surface area contributed by atoms with Crippen molar-refractivity contribution in [1.29, 1.82) is 0 Å². The molecule has 5 nitrogen and oxygen atoms in total. The zero-order chi connectivity index (χ0) is 28.0. The molecule has 1 aliphatic heterocycles. The fourth-order valence-corrected chi connectivity index (χ4v) is 5.36. The van der Waals surface area contributed by atoms with Gasteiger partial charge in [-0.3, -0.25) is 0 Å². The van der Waals surface area contributed by atoms with Gasteiger partial charge in [-0.05, 0) is 52.3 Å². The lowest BCUT2D eigenvalue weighted by molar-refractivity contribution is -0.00969. The number of amides is 1. The predicted molar refractivity (Wildman–Crippen MR) is 157 cm³/mol. The van der Waals surface area contributed by atoms with E-state index in [0.717, 1.165) is 36.8 Å².